The van der Waals surface area contributed by atoms with Crippen molar-refractivity contribution in [2.75, 3.05) is 13.1 Å². The standard InChI is InChI=1S/C18H22FN/c19-18-12-5-4-11-17(18)13-15-20-14-7-6-10-16-8-2-1-3-9-16/h1-5,8-9,11-12,20H,6-7,10,13-15H2. The van der Waals surface area contributed by atoms with Crippen LogP contribution >= 0.6 is 0 Å². The van der Waals surface area contributed by atoms with Gasteiger partial charge in [0.25, 0.3) is 0 Å². The predicted molar refractivity (Wildman–Crippen MR) is 82.4 cm³/mol. The van der Waals surface area contributed by atoms with Crippen molar-refractivity contribution >= 4 is 0 Å². The van der Waals surface area contributed by atoms with E-state index in [2.05, 4.69) is 29.6 Å². The van der Waals surface area contributed by atoms with Gasteiger partial charge >= 0.3 is 0 Å². The lowest BCUT2D eigenvalue weighted by Crippen LogP contribution is -2.19. The molecule has 0 heterocycles. The van der Waals surface area contributed by atoms with E-state index < -0.39 is 0 Å². The fourth-order valence-electron chi connectivity index (χ4n) is 2.27. The van der Waals surface area contributed by atoms with Crippen molar-refractivity contribution < 1.29 is 4.39 Å². The first-order valence-electron chi connectivity index (χ1n) is 7.34. The largest absolute Gasteiger partial charge is 0.316 e. The van der Waals surface area contributed by atoms with E-state index in [9.17, 15) is 4.39 Å². The molecule has 0 aliphatic rings. The van der Waals surface area contributed by atoms with Crippen LogP contribution in [0.2, 0.25) is 0 Å². The molecule has 1 nitrogen and oxygen atoms in total. The molecule has 106 valence electrons. The van der Waals surface area contributed by atoms with E-state index in [0.717, 1.165) is 37.9 Å². The summed E-state index contributed by atoms with van der Waals surface area (Å²) in [7, 11) is 0. The van der Waals surface area contributed by atoms with E-state index in [4.69, 9.17) is 0 Å². The lowest BCUT2D eigenvalue weighted by atomic mass is 10.1. The van der Waals surface area contributed by atoms with E-state index in [-0.39, 0.29) is 5.82 Å². The van der Waals surface area contributed by atoms with Crippen molar-refractivity contribution in [3.63, 3.8) is 0 Å². The Morgan fingerprint density at radius 3 is 2.30 bits per heavy atom. The van der Waals surface area contributed by atoms with Gasteiger partial charge < -0.3 is 5.32 Å². The zero-order valence-electron chi connectivity index (χ0n) is 11.8. The Morgan fingerprint density at radius 2 is 1.50 bits per heavy atom. The van der Waals surface area contributed by atoms with Gasteiger partial charge in [0.05, 0.1) is 0 Å². The SMILES string of the molecule is Fc1ccccc1CCNCCCCc1ccccc1. The Bertz CT molecular complexity index is 496. The van der Waals surface area contributed by atoms with Crippen LogP contribution in [0.4, 0.5) is 4.39 Å². The van der Waals surface area contributed by atoms with Crippen LogP contribution in [-0.4, -0.2) is 13.1 Å². The van der Waals surface area contributed by atoms with Gasteiger partial charge in [-0.25, -0.2) is 4.39 Å². The van der Waals surface area contributed by atoms with Gasteiger partial charge in [-0.2, -0.15) is 0 Å². The number of nitrogens with one attached hydrogen (secondary N) is 1. The summed E-state index contributed by atoms with van der Waals surface area (Å²) >= 11 is 0. The molecule has 0 bridgehead atoms. The smallest absolute Gasteiger partial charge is 0.126 e. The molecule has 0 fully saturated rings. The van der Waals surface area contributed by atoms with Crippen molar-refractivity contribution in [3.8, 4) is 0 Å². The summed E-state index contributed by atoms with van der Waals surface area (Å²) in [6, 6.07) is 17.6. The molecule has 1 N–H and O–H groups in total. The third kappa shape index (κ3) is 5.14. The highest BCUT2D eigenvalue weighted by Crippen LogP contribution is 2.06. The molecule has 0 amide bonds. The van der Waals surface area contributed by atoms with E-state index >= 15 is 0 Å². The summed E-state index contributed by atoms with van der Waals surface area (Å²) < 4.78 is 13.4. The van der Waals surface area contributed by atoms with E-state index in [1.807, 2.05) is 18.2 Å². The van der Waals surface area contributed by atoms with Crippen LogP contribution in [0, 0.1) is 5.82 Å². The van der Waals surface area contributed by atoms with Gasteiger partial charge in [-0.3, -0.25) is 0 Å². The zero-order chi connectivity index (χ0) is 14.0. The molecule has 2 aromatic carbocycles. The summed E-state index contributed by atoms with van der Waals surface area (Å²) in [6.07, 6.45) is 4.24. The van der Waals surface area contributed by atoms with Crippen LogP contribution in [0.5, 0.6) is 0 Å². The fourth-order valence-corrected chi connectivity index (χ4v) is 2.27. The molecule has 0 spiro atoms. The summed E-state index contributed by atoms with van der Waals surface area (Å²) in [6.45, 7) is 1.84. The highest BCUT2D eigenvalue weighted by atomic mass is 19.1. The first kappa shape index (κ1) is 14.7. The number of hydrogen-bond acceptors (Lipinski definition) is 1. The minimum absolute atomic E-state index is 0.0987. The molecule has 2 aromatic rings. The maximum absolute atomic E-state index is 13.4. The molecule has 20 heavy (non-hydrogen) atoms. The molecular weight excluding hydrogens is 249 g/mol. The molecule has 0 aliphatic heterocycles. The van der Waals surface area contributed by atoms with Gasteiger partial charge in [-0.15, -0.1) is 0 Å². The van der Waals surface area contributed by atoms with Crippen LogP contribution < -0.4 is 5.32 Å². The summed E-state index contributed by atoms with van der Waals surface area (Å²) in [5.41, 5.74) is 2.20. The number of rotatable bonds is 8. The monoisotopic (exact) mass is 271 g/mol. The minimum Gasteiger partial charge on any atom is -0.316 e. The van der Waals surface area contributed by atoms with E-state index in [1.54, 1.807) is 6.07 Å². The lowest BCUT2D eigenvalue weighted by molar-refractivity contribution is 0.588. The molecule has 2 heteroatoms. The predicted octanol–water partition coefficient (Wildman–Crippen LogP) is 3.98. The number of aryl methyl sites for hydroxylation is 1. The van der Waals surface area contributed by atoms with E-state index in [1.165, 1.54) is 18.1 Å². The van der Waals surface area contributed by atoms with Crippen molar-refractivity contribution in [2.24, 2.45) is 0 Å². The van der Waals surface area contributed by atoms with Gasteiger partial charge in [-0.05, 0) is 56.0 Å². The Kier molecular flexibility index (Phi) is 6.25. The number of benzene rings is 2. The quantitative estimate of drug-likeness (QED) is 0.716. The Hall–Kier alpha value is -1.67. The molecule has 0 unspecified atom stereocenters. The van der Waals surface area contributed by atoms with Crippen LogP contribution in [0.25, 0.3) is 0 Å². The minimum atomic E-state index is -0.0987. The second-order valence-corrected chi connectivity index (χ2v) is 5.03. The number of unbranched alkanes of at least 4 members (excludes halogenated alkanes) is 1. The van der Waals surface area contributed by atoms with Crippen LogP contribution in [0.15, 0.2) is 54.6 Å². The molecule has 0 atom stereocenters. The topological polar surface area (TPSA) is 12.0 Å². The van der Waals surface area contributed by atoms with Gasteiger partial charge in [0, 0.05) is 0 Å². The second-order valence-electron chi connectivity index (χ2n) is 5.03. The zero-order valence-corrected chi connectivity index (χ0v) is 11.8. The van der Waals surface area contributed by atoms with Crippen LogP contribution in [0.1, 0.15) is 24.0 Å². The van der Waals surface area contributed by atoms with Crippen molar-refractivity contribution in [1.82, 2.24) is 5.32 Å². The highest BCUT2D eigenvalue weighted by Gasteiger charge is 1.99. The fraction of sp³-hybridized carbons (Fsp3) is 0.333. The average Bonchev–Trinajstić information content (AvgIpc) is 2.49. The van der Waals surface area contributed by atoms with Gasteiger partial charge in [0.2, 0.25) is 0 Å². The summed E-state index contributed by atoms with van der Waals surface area (Å²) in [5, 5.41) is 3.38. The molecule has 0 aromatic heterocycles. The third-order valence-corrected chi connectivity index (χ3v) is 3.44. The van der Waals surface area contributed by atoms with Gasteiger partial charge in [0.15, 0.2) is 0 Å². The molecule has 2 rings (SSSR count). The molecule has 0 saturated carbocycles. The maximum atomic E-state index is 13.4. The lowest BCUT2D eigenvalue weighted by Gasteiger charge is -2.06. The first-order chi connectivity index (χ1) is 9.86. The molecule has 0 radical (unpaired) electrons. The maximum Gasteiger partial charge on any atom is 0.126 e. The van der Waals surface area contributed by atoms with Gasteiger partial charge in [0.1, 0.15) is 5.82 Å². The van der Waals surface area contributed by atoms with E-state index in [0.29, 0.717) is 0 Å². The Balaban J connectivity index is 1.53. The Labute approximate surface area is 120 Å². The Morgan fingerprint density at radius 1 is 0.750 bits per heavy atom. The molecular formula is C18H22FN. The summed E-state index contributed by atoms with van der Waals surface area (Å²) in [4.78, 5) is 0. The normalized spacial score (nSPS) is 10.7. The highest BCUT2D eigenvalue weighted by molar-refractivity contribution is 5.17. The molecule has 0 aliphatic carbocycles. The van der Waals surface area contributed by atoms with Crippen molar-refractivity contribution in [2.45, 2.75) is 25.7 Å². The third-order valence-electron chi connectivity index (χ3n) is 3.44. The first-order valence-corrected chi connectivity index (χ1v) is 7.34. The average molecular weight is 271 g/mol. The number of halogens is 1. The van der Waals surface area contributed by atoms with Gasteiger partial charge in [-0.1, -0.05) is 48.5 Å². The molecule has 0 saturated heterocycles. The van der Waals surface area contributed by atoms with Crippen LogP contribution in [0.3, 0.4) is 0 Å². The van der Waals surface area contributed by atoms with Crippen molar-refractivity contribution in [1.29, 1.82) is 0 Å². The van der Waals surface area contributed by atoms with Crippen molar-refractivity contribution in [3.05, 3.63) is 71.5 Å². The number of hydrogen-bond donors (Lipinski definition) is 1. The second kappa shape index (κ2) is 8.49. The van der Waals surface area contributed by atoms with Crippen LogP contribution in [-0.2, 0) is 12.8 Å². The summed E-state index contributed by atoms with van der Waals surface area (Å²) in [5.74, 6) is -0.0987.